The van der Waals surface area contributed by atoms with E-state index in [-0.39, 0.29) is 0 Å². The zero-order valence-electron chi connectivity index (χ0n) is 11.3. The number of aliphatic imine (C=N–C) groups is 1. The molecule has 4 nitrogen and oxygen atoms in total. The lowest BCUT2D eigenvalue weighted by molar-refractivity contribution is 0.145. The van der Waals surface area contributed by atoms with E-state index in [4.69, 9.17) is 4.74 Å². The van der Waals surface area contributed by atoms with Gasteiger partial charge in [0.05, 0.1) is 0 Å². The van der Waals surface area contributed by atoms with Crippen molar-refractivity contribution in [1.82, 2.24) is 10.2 Å². The van der Waals surface area contributed by atoms with Gasteiger partial charge in [0, 0.05) is 40.4 Å². The van der Waals surface area contributed by atoms with E-state index in [1.807, 2.05) is 14.0 Å². The third kappa shape index (κ3) is 7.51. The monoisotopic (exact) mass is 229 g/mol. The minimum Gasteiger partial charge on any atom is -0.382 e. The molecular formula is C12H27N3O. The Morgan fingerprint density at radius 2 is 2.06 bits per heavy atom. The first kappa shape index (κ1) is 15.2. The highest BCUT2D eigenvalue weighted by Crippen LogP contribution is 1.92. The molecule has 0 radical (unpaired) electrons. The van der Waals surface area contributed by atoms with Crippen LogP contribution in [0.1, 0.15) is 33.1 Å². The van der Waals surface area contributed by atoms with E-state index >= 15 is 0 Å². The minimum atomic E-state index is 0.797. The SMILES string of the molecule is CCCCN(C)C(=NC)NCCCOCC. The van der Waals surface area contributed by atoms with Crippen LogP contribution in [-0.4, -0.2) is 51.3 Å². The highest BCUT2D eigenvalue weighted by Gasteiger charge is 2.03. The van der Waals surface area contributed by atoms with E-state index in [0.717, 1.165) is 38.7 Å². The van der Waals surface area contributed by atoms with Crippen LogP contribution in [0.15, 0.2) is 4.99 Å². The Bertz CT molecular complexity index is 183. The Balaban J connectivity index is 3.66. The Kier molecular flexibility index (Phi) is 10.2. The summed E-state index contributed by atoms with van der Waals surface area (Å²) in [4.78, 5) is 6.42. The molecule has 0 rings (SSSR count). The number of rotatable bonds is 8. The summed E-state index contributed by atoms with van der Waals surface area (Å²) >= 11 is 0. The molecule has 0 amide bonds. The molecule has 96 valence electrons. The molecule has 0 aromatic heterocycles. The van der Waals surface area contributed by atoms with Crippen LogP contribution in [0.4, 0.5) is 0 Å². The highest BCUT2D eigenvalue weighted by atomic mass is 16.5. The molecule has 1 N–H and O–H groups in total. The van der Waals surface area contributed by atoms with Gasteiger partial charge in [0.15, 0.2) is 5.96 Å². The van der Waals surface area contributed by atoms with Crippen molar-refractivity contribution in [3.05, 3.63) is 0 Å². The molecule has 0 aromatic rings. The van der Waals surface area contributed by atoms with Crippen LogP contribution in [0, 0.1) is 0 Å². The largest absolute Gasteiger partial charge is 0.382 e. The van der Waals surface area contributed by atoms with Gasteiger partial charge in [-0.25, -0.2) is 0 Å². The summed E-state index contributed by atoms with van der Waals surface area (Å²) in [5, 5.41) is 3.33. The first-order valence-electron chi connectivity index (χ1n) is 6.25. The van der Waals surface area contributed by atoms with Crippen LogP contribution in [-0.2, 0) is 4.74 Å². The van der Waals surface area contributed by atoms with Crippen molar-refractivity contribution in [2.75, 3.05) is 40.4 Å². The second kappa shape index (κ2) is 10.7. The van der Waals surface area contributed by atoms with E-state index < -0.39 is 0 Å². The summed E-state index contributed by atoms with van der Waals surface area (Å²) in [7, 11) is 3.90. The van der Waals surface area contributed by atoms with Gasteiger partial charge in [0.1, 0.15) is 0 Å². The first-order valence-corrected chi connectivity index (χ1v) is 6.25. The topological polar surface area (TPSA) is 36.9 Å². The molecule has 0 heterocycles. The van der Waals surface area contributed by atoms with Gasteiger partial charge in [-0.15, -0.1) is 0 Å². The normalized spacial score (nSPS) is 11.6. The van der Waals surface area contributed by atoms with Crippen molar-refractivity contribution in [3.63, 3.8) is 0 Å². The van der Waals surface area contributed by atoms with Gasteiger partial charge in [-0.05, 0) is 19.8 Å². The molecule has 0 unspecified atom stereocenters. The maximum atomic E-state index is 5.28. The van der Waals surface area contributed by atoms with Gasteiger partial charge >= 0.3 is 0 Å². The van der Waals surface area contributed by atoms with Crippen molar-refractivity contribution >= 4 is 5.96 Å². The fraction of sp³-hybridized carbons (Fsp3) is 0.917. The minimum absolute atomic E-state index is 0.797. The average Bonchev–Trinajstić information content (AvgIpc) is 2.31. The lowest BCUT2D eigenvalue weighted by atomic mass is 10.3. The fourth-order valence-electron chi connectivity index (χ4n) is 1.40. The molecule has 0 saturated heterocycles. The second-order valence-corrected chi connectivity index (χ2v) is 3.80. The van der Waals surface area contributed by atoms with Crippen LogP contribution in [0.25, 0.3) is 0 Å². The number of hydrogen-bond acceptors (Lipinski definition) is 2. The van der Waals surface area contributed by atoms with Crippen molar-refractivity contribution < 1.29 is 4.74 Å². The third-order valence-electron chi connectivity index (χ3n) is 2.37. The molecule has 0 aliphatic rings. The number of nitrogens with zero attached hydrogens (tertiary/aromatic N) is 2. The van der Waals surface area contributed by atoms with E-state index in [2.05, 4.69) is 29.2 Å². The molecule has 0 aliphatic heterocycles. The maximum absolute atomic E-state index is 5.28. The summed E-state index contributed by atoms with van der Waals surface area (Å²) in [5.41, 5.74) is 0. The van der Waals surface area contributed by atoms with Gasteiger partial charge in [-0.2, -0.15) is 0 Å². The highest BCUT2D eigenvalue weighted by molar-refractivity contribution is 5.79. The Labute approximate surface area is 100 Å². The van der Waals surface area contributed by atoms with Crippen molar-refractivity contribution in [3.8, 4) is 0 Å². The molecule has 0 aromatic carbocycles. The van der Waals surface area contributed by atoms with Crippen LogP contribution in [0.3, 0.4) is 0 Å². The third-order valence-corrected chi connectivity index (χ3v) is 2.37. The first-order chi connectivity index (χ1) is 7.76. The quantitative estimate of drug-likeness (QED) is 0.391. The summed E-state index contributed by atoms with van der Waals surface area (Å²) in [6.07, 6.45) is 3.44. The molecule has 4 heteroatoms. The van der Waals surface area contributed by atoms with Gasteiger partial charge in [0.25, 0.3) is 0 Å². The summed E-state index contributed by atoms with van der Waals surface area (Å²) in [6, 6.07) is 0. The van der Waals surface area contributed by atoms with Gasteiger partial charge in [-0.3, -0.25) is 4.99 Å². The number of ether oxygens (including phenoxy) is 1. The predicted molar refractivity (Wildman–Crippen MR) is 70.0 cm³/mol. The molecule has 0 saturated carbocycles. The van der Waals surface area contributed by atoms with Crippen LogP contribution in [0.5, 0.6) is 0 Å². The van der Waals surface area contributed by atoms with Crippen molar-refractivity contribution in [2.45, 2.75) is 33.1 Å². The summed E-state index contributed by atoms with van der Waals surface area (Å²) in [6.45, 7) is 7.81. The zero-order valence-corrected chi connectivity index (χ0v) is 11.3. The van der Waals surface area contributed by atoms with Gasteiger partial charge in [0.2, 0.25) is 0 Å². The van der Waals surface area contributed by atoms with Crippen molar-refractivity contribution in [1.29, 1.82) is 0 Å². The Morgan fingerprint density at radius 1 is 1.31 bits per heavy atom. The smallest absolute Gasteiger partial charge is 0.193 e. The van der Waals surface area contributed by atoms with Gasteiger partial charge in [-0.1, -0.05) is 13.3 Å². The second-order valence-electron chi connectivity index (χ2n) is 3.80. The van der Waals surface area contributed by atoms with E-state index in [0.29, 0.717) is 0 Å². The molecule has 0 bridgehead atoms. The van der Waals surface area contributed by atoms with Crippen LogP contribution < -0.4 is 5.32 Å². The van der Waals surface area contributed by atoms with E-state index in [9.17, 15) is 0 Å². The van der Waals surface area contributed by atoms with Gasteiger partial charge < -0.3 is 15.0 Å². The Hall–Kier alpha value is -0.770. The van der Waals surface area contributed by atoms with Crippen LogP contribution >= 0.6 is 0 Å². The maximum Gasteiger partial charge on any atom is 0.193 e. The molecule has 0 fully saturated rings. The predicted octanol–water partition coefficient (Wildman–Crippen LogP) is 1.72. The lowest BCUT2D eigenvalue weighted by Gasteiger charge is -2.21. The number of hydrogen-bond donors (Lipinski definition) is 1. The number of guanidine groups is 1. The fourth-order valence-corrected chi connectivity index (χ4v) is 1.40. The van der Waals surface area contributed by atoms with E-state index in [1.165, 1.54) is 12.8 Å². The van der Waals surface area contributed by atoms with Crippen LogP contribution in [0.2, 0.25) is 0 Å². The number of nitrogens with one attached hydrogen (secondary N) is 1. The molecule has 16 heavy (non-hydrogen) atoms. The number of unbranched alkanes of at least 4 members (excludes halogenated alkanes) is 1. The lowest BCUT2D eigenvalue weighted by Crippen LogP contribution is -2.40. The zero-order chi connectivity index (χ0) is 12.2. The molecule has 0 atom stereocenters. The molecule has 0 aliphatic carbocycles. The summed E-state index contributed by atoms with van der Waals surface area (Å²) in [5.74, 6) is 0.977. The van der Waals surface area contributed by atoms with Crippen molar-refractivity contribution in [2.24, 2.45) is 4.99 Å². The summed E-state index contributed by atoms with van der Waals surface area (Å²) < 4.78 is 5.28. The van der Waals surface area contributed by atoms with E-state index in [1.54, 1.807) is 0 Å². The average molecular weight is 229 g/mol. The standard InChI is InChI=1S/C12H27N3O/c1-5-7-10-15(4)12(13-3)14-9-8-11-16-6-2/h5-11H2,1-4H3,(H,13,14). The molecule has 0 spiro atoms. The Morgan fingerprint density at radius 3 is 2.62 bits per heavy atom. The molecular weight excluding hydrogens is 202 g/mol.